The maximum absolute atomic E-state index is 5.65. The Morgan fingerprint density at radius 2 is 1.18 bits per heavy atom. The van der Waals surface area contributed by atoms with Gasteiger partial charge in [-0.3, -0.25) is 4.57 Å². The first-order valence-electron chi connectivity index (χ1n) is 19.1. The number of hydrogen-bond donors (Lipinski definition) is 0. The zero-order valence-corrected chi connectivity index (χ0v) is 30.3. The first-order valence-corrected chi connectivity index (χ1v) is 19.1. The first-order chi connectivity index (χ1) is 27.1. The quantitative estimate of drug-likeness (QED) is 0.168. The Balaban J connectivity index is 1.30. The molecule has 0 saturated heterocycles. The van der Waals surface area contributed by atoms with Crippen LogP contribution in [0.15, 0.2) is 158 Å². The Morgan fingerprint density at radius 3 is 2.07 bits per heavy atom. The molecule has 256 valence electrons. The van der Waals surface area contributed by atoms with Crippen LogP contribution in [0.25, 0.3) is 110 Å². The molecule has 0 spiro atoms. The number of hydrogen-bond acceptors (Lipinski definition) is 2. The molecule has 0 amide bonds. The first kappa shape index (κ1) is 29.4. The third kappa shape index (κ3) is 3.57. The van der Waals surface area contributed by atoms with Crippen molar-refractivity contribution in [1.29, 1.82) is 0 Å². The number of aromatic nitrogens is 4. The van der Waals surface area contributed by atoms with E-state index >= 15 is 0 Å². The van der Waals surface area contributed by atoms with Gasteiger partial charge in [-0.15, -0.1) is 0 Å². The van der Waals surface area contributed by atoms with E-state index in [2.05, 4.69) is 181 Å². The summed E-state index contributed by atoms with van der Waals surface area (Å²) < 4.78 is 4.95. The summed E-state index contributed by atoms with van der Waals surface area (Å²) in [5.41, 5.74) is 14.9. The van der Waals surface area contributed by atoms with Gasteiger partial charge in [0.15, 0.2) is 5.82 Å². The number of fused-ring (bicyclic) bond motifs is 12. The Morgan fingerprint density at radius 1 is 0.491 bits per heavy atom. The zero-order valence-electron chi connectivity index (χ0n) is 30.3. The third-order valence-electron chi connectivity index (χ3n) is 12.6. The van der Waals surface area contributed by atoms with Gasteiger partial charge < -0.3 is 4.40 Å². The van der Waals surface area contributed by atoms with E-state index in [1.165, 1.54) is 71.1 Å². The van der Waals surface area contributed by atoms with E-state index in [1.54, 1.807) is 0 Å². The lowest BCUT2D eigenvalue weighted by molar-refractivity contribution is 0.666. The number of benzene rings is 8. The lowest BCUT2D eigenvalue weighted by Crippen LogP contribution is -2.15. The van der Waals surface area contributed by atoms with Gasteiger partial charge in [-0.05, 0) is 69.4 Å². The van der Waals surface area contributed by atoms with Crippen molar-refractivity contribution in [1.82, 2.24) is 18.9 Å². The standard InChI is InChI=1S/C51H32N4/c1-51(2)37-21-10-8-18-32(37)35-28-36-33-19-9-11-22-39(33)54-41-24-13-25-42-45(41)43-34(44(46(35)51)49(36)54)20-12-23-40(43)55(42)50-47(30-15-4-3-5-16-30)52-38-27-26-29-14-6-7-17-31(29)48(38)53-50/h3-28H,1-2H3. The molecule has 12 aromatic rings. The van der Waals surface area contributed by atoms with E-state index in [0.29, 0.717) is 0 Å². The van der Waals surface area contributed by atoms with Crippen molar-refractivity contribution in [3.8, 4) is 28.2 Å². The van der Waals surface area contributed by atoms with Crippen LogP contribution in [0.1, 0.15) is 25.0 Å². The highest BCUT2D eigenvalue weighted by atomic mass is 15.1. The molecule has 4 aromatic heterocycles. The van der Waals surface area contributed by atoms with E-state index < -0.39 is 0 Å². The van der Waals surface area contributed by atoms with Crippen LogP contribution in [0.5, 0.6) is 0 Å². The monoisotopic (exact) mass is 700 g/mol. The highest BCUT2D eigenvalue weighted by Gasteiger charge is 2.39. The molecular formula is C51H32N4. The van der Waals surface area contributed by atoms with E-state index in [4.69, 9.17) is 9.97 Å². The second kappa shape index (κ2) is 10.1. The fourth-order valence-electron chi connectivity index (χ4n) is 10.3. The van der Waals surface area contributed by atoms with Crippen molar-refractivity contribution in [2.24, 2.45) is 0 Å². The van der Waals surface area contributed by atoms with Gasteiger partial charge in [-0.1, -0.05) is 135 Å². The average molecular weight is 701 g/mol. The van der Waals surface area contributed by atoms with Gasteiger partial charge in [-0.2, -0.15) is 0 Å². The molecule has 0 N–H and O–H groups in total. The van der Waals surface area contributed by atoms with E-state index in [9.17, 15) is 0 Å². The van der Waals surface area contributed by atoms with Crippen LogP contribution in [0, 0.1) is 0 Å². The van der Waals surface area contributed by atoms with E-state index in [1.807, 2.05) is 0 Å². The lowest BCUT2D eigenvalue weighted by Gasteiger charge is -2.23. The second-order valence-electron chi connectivity index (χ2n) is 15.7. The average Bonchev–Trinajstić information content (AvgIpc) is 3.79. The summed E-state index contributed by atoms with van der Waals surface area (Å²) in [5, 5.41) is 9.89. The molecule has 0 aliphatic heterocycles. The SMILES string of the molecule is CC1(C)c2ccccc2-c2cc3c4ccccc4n4c5cccc6c5c5c(cccc5n6-c5nc6c(ccc7ccccc76)nc5-c5ccccc5)c(c21)c34. The van der Waals surface area contributed by atoms with Gasteiger partial charge in [0.05, 0.1) is 38.6 Å². The Hall–Kier alpha value is -7.04. The third-order valence-corrected chi connectivity index (χ3v) is 12.6. The van der Waals surface area contributed by atoms with Crippen LogP contribution in [0.2, 0.25) is 0 Å². The molecule has 8 aromatic carbocycles. The molecule has 0 fully saturated rings. The van der Waals surface area contributed by atoms with Crippen molar-refractivity contribution in [3.05, 3.63) is 169 Å². The van der Waals surface area contributed by atoms with Crippen molar-refractivity contribution < 1.29 is 0 Å². The van der Waals surface area contributed by atoms with Gasteiger partial charge in [0.25, 0.3) is 0 Å². The molecule has 1 aliphatic carbocycles. The number of rotatable bonds is 2. The molecule has 13 rings (SSSR count). The molecular weight excluding hydrogens is 669 g/mol. The summed E-state index contributed by atoms with van der Waals surface area (Å²) in [6.07, 6.45) is 0. The molecule has 4 nitrogen and oxygen atoms in total. The fourth-order valence-corrected chi connectivity index (χ4v) is 10.3. The predicted molar refractivity (Wildman–Crippen MR) is 229 cm³/mol. The van der Waals surface area contributed by atoms with Gasteiger partial charge in [0.2, 0.25) is 0 Å². The van der Waals surface area contributed by atoms with Crippen LogP contribution in [-0.2, 0) is 5.41 Å². The molecule has 4 heterocycles. The molecule has 4 heteroatoms. The molecule has 0 radical (unpaired) electrons. The minimum atomic E-state index is -0.206. The summed E-state index contributed by atoms with van der Waals surface area (Å²) in [4.78, 5) is 11.1. The highest BCUT2D eigenvalue weighted by Crippen LogP contribution is 2.55. The van der Waals surface area contributed by atoms with Crippen LogP contribution in [0.4, 0.5) is 0 Å². The predicted octanol–water partition coefficient (Wildman–Crippen LogP) is 13.0. The lowest BCUT2D eigenvalue weighted by atomic mass is 9.80. The van der Waals surface area contributed by atoms with Gasteiger partial charge in [0, 0.05) is 43.3 Å². The van der Waals surface area contributed by atoms with Gasteiger partial charge in [0.1, 0.15) is 5.69 Å². The summed E-state index contributed by atoms with van der Waals surface area (Å²) in [7, 11) is 0. The topological polar surface area (TPSA) is 35.1 Å². The van der Waals surface area contributed by atoms with Crippen molar-refractivity contribution in [3.63, 3.8) is 0 Å². The van der Waals surface area contributed by atoms with Crippen LogP contribution in [-0.4, -0.2) is 18.9 Å². The summed E-state index contributed by atoms with van der Waals surface area (Å²) in [6, 6.07) is 57.5. The second-order valence-corrected chi connectivity index (χ2v) is 15.7. The van der Waals surface area contributed by atoms with Crippen LogP contribution >= 0.6 is 0 Å². The largest absolute Gasteiger partial charge is 0.308 e. The summed E-state index contributed by atoms with van der Waals surface area (Å²) in [5.74, 6) is 0.832. The minimum absolute atomic E-state index is 0.206. The number of nitrogens with zero attached hydrogens (tertiary/aromatic N) is 4. The maximum Gasteiger partial charge on any atom is 0.165 e. The summed E-state index contributed by atoms with van der Waals surface area (Å²) in [6.45, 7) is 4.82. The molecule has 1 aliphatic rings. The van der Waals surface area contributed by atoms with Crippen LogP contribution in [0.3, 0.4) is 0 Å². The minimum Gasteiger partial charge on any atom is -0.308 e. The van der Waals surface area contributed by atoms with Crippen molar-refractivity contribution in [2.75, 3.05) is 0 Å². The Labute approximate surface area is 315 Å². The Kier molecular flexibility index (Phi) is 5.42. The highest BCUT2D eigenvalue weighted by molar-refractivity contribution is 6.33. The van der Waals surface area contributed by atoms with Crippen molar-refractivity contribution in [2.45, 2.75) is 19.3 Å². The van der Waals surface area contributed by atoms with Gasteiger partial charge >= 0.3 is 0 Å². The van der Waals surface area contributed by atoms with Gasteiger partial charge in [-0.25, -0.2) is 9.97 Å². The molecule has 0 bridgehead atoms. The molecule has 0 saturated carbocycles. The van der Waals surface area contributed by atoms with Crippen molar-refractivity contribution >= 4 is 81.7 Å². The normalized spacial score (nSPS) is 13.8. The Bertz CT molecular complexity index is 3620. The zero-order chi connectivity index (χ0) is 36.2. The van der Waals surface area contributed by atoms with Crippen LogP contribution < -0.4 is 0 Å². The van der Waals surface area contributed by atoms with E-state index in [0.717, 1.165) is 49.9 Å². The van der Waals surface area contributed by atoms with E-state index in [-0.39, 0.29) is 5.41 Å². The summed E-state index contributed by atoms with van der Waals surface area (Å²) >= 11 is 0. The smallest absolute Gasteiger partial charge is 0.165 e. The molecule has 0 atom stereocenters. The fraction of sp³-hybridized carbons (Fsp3) is 0.0588. The maximum atomic E-state index is 5.65. The molecule has 0 unspecified atom stereocenters. The number of para-hydroxylation sites is 1. The molecule has 55 heavy (non-hydrogen) atoms.